The fraction of sp³-hybridized carbons (Fsp3) is 0.957. The number of hydrogen-bond acceptors (Lipinski definition) is 6. The first kappa shape index (κ1) is 73.4. The van der Waals surface area contributed by atoms with E-state index in [9.17, 15) is 14.4 Å². The van der Waals surface area contributed by atoms with Crippen LogP contribution >= 0.6 is 0 Å². The van der Waals surface area contributed by atoms with Gasteiger partial charge in [-0.05, 0) is 19.3 Å². The minimum atomic E-state index is -0.763. The summed E-state index contributed by atoms with van der Waals surface area (Å²) >= 11 is 0. The third kappa shape index (κ3) is 63.1. The van der Waals surface area contributed by atoms with Gasteiger partial charge in [-0.1, -0.05) is 367 Å². The molecule has 6 nitrogen and oxygen atoms in total. The Morgan fingerprint density at radius 2 is 0.360 bits per heavy atom. The Morgan fingerprint density at radius 3 is 0.533 bits per heavy atom. The van der Waals surface area contributed by atoms with E-state index in [0.717, 1.165) is 57.8 Å². The van der Waals surface area contributed by atoms with Crippen LogP contribution in [0.1, 0.15) is 406 Å². The zero-order chi connectivity index (χ0) is 54.3. The normalized spacial score (nSPS) is 11.9. The van der Waals surface area contributed by atoms with Gasteiger partial charge in [0.25, 0.3) is 0 Å². The summed E-state index contributed by atoms with van der Waals surface area (Å²) in [5.41, 5.74) is 0. The summed E-state index contributed by atoms with van der Waals surface area (Å²) in [5, 5.41) is 0. The average molecular weight is 1060 g/mol. The molecule has 0 radical (unpaired) electrons. The van der Waals surface area contributed by atoms with Crippen LogP contribution in [0.15, 0.2) is 0 Å². The van der Waals surface area contributed by atoms with Gasteiger partial charge in [-0.15, -0.1) is 0 Å². The van der Waals surface area contributed by atoms with Gasteiger partial charge in [0.15, 0.2) is 6.10 Å². The molecule has 0 saturated carbocycles. The second-order valence-electron chi connectivity index (χ2n) is 23.8. The third-order valence-corrected chi connectivity index (χ3v) is 16.1. The zero-order valence-corrected chi connectivity index (χ0v) is 51.4. The quantitative estimate of drug-likeness (QED) is 0.0343. The molecule has 6 heteroatoms. The second-order valence-corrected chi connectivity index (χ2v) is 23.8. The summed E-state index contributed by atoms with van der Waals surface area (Å²) in [6, 6.07) is 0. The Labute approximate surface area is 469 Å². The maximum Gasteiger partial charge on any atom is 0.306 e. The highest BCUT2D eigenvalue weighted by Crippen LogP contribution is 2.19. The number of hydrogen-bond donors (Lipinski definition) is 0. The molecular formula is C69H134O6. The minimum Gasteiger partial charge on any atom is -0.462 e. The van der Waals surface area contributed by atoms with Crippen molar-refractivity contribution in [2.24, 2.45) is 0 Å². The van der Waals surface area contributed by atoms with E-state index in [1.807, 2.05) is 0 Å². The number of unbranched alkanes of at least 4 members (excludes halogenated alkanes) is 54. The van der Waals surface area contributed by atoms with E-state index < -0.39 is 6.10 Å². The average Bonchev–Trinajstić information content (AvgIpc) is 3.41. The van der Waals surface area contributed by atoms with Crippen molar-refractivity contribution in [3.63, 3.8) is 0 Å². The van der Waals surface area contributed by atoms with Gasteiger partial charge in [0.1, 0.15) is 13.2 Å². The first-order valence-electron chi connectivity index (χ1n) is 34.5. The van der Waals surface area contributed by atoms with Crippen LogP contribution in [0, 0.1) is 0 Å². The van der Waals surface area contributed by atoms with Crippen LogP contribution in [0.3, 0.4) is 0 Å². The number of esters is 3. The Bertz CT molecular complexity index is 1120. The van der Waals surface area contributed by atoms with Gasteiger partial charge in [-0.3, -0.25) is 14.4 Å². The minimum absolute atomic E-state index is 0.0601. The molecule has 0 rings (SSSR count). The monoisotopic (exact) mass is 1060 g/mol. The van der Waals surface area contributed by atoms with Crippen molar-refractivity contribution in [2.75, 3.05) is 13.2 Å². The molecule has 0 aromatic carbocycles. The number of carbonyl (C=O) groups excluding carboxylic acids is 3. The molecule has 0 fully saturated rings. The predicted molar refractivity (Wildman–Crippen MR) is 326 cm³/mol. The molecule has 0 aliphatic heterocycles. The first-order valence-corrected chi connectivity index (χ1v) is 34.5. The Balaban J connectivity index is 4.26. The van der Waals surface area contributed by atoms with Crippen molar-refractivity contribution in [3.8, 4) is 0 Å². The van der Waals surface area contributed by atoms with E-state index in [4.69, 9.17) is 14.2 Å². The lowest BCUT2D eigenvalue weighted by molar-refractivity contribution is -0.167. The smallest absolute Gasteiger partial charge is 0.306 e. The van der Waals surface area contributed by atoms with Crippen molar-refractivity contribution >= 4 is 17.9 Å². The predicted octanol–water partition coefficient (Wildman–Crippen LogP) is 23.5. The highest BCUT2D eigenvalue weighted by atomic mass is 16.6. The van der Waals surface area contributed by atoms with Crippen molar-refractivity contribution in [1.82, 2.24) is 0 Å². The highest BCUT2D eigenvalue weighted by molar-refractivity contribution is 5.71. The van der Waals surface area contributed by atoms with Gasteiger partial charge in [-0.25, -0.2) is 0 Å². The lowest BCUT2D eigenvalue weighted by Gasteiger charge is -2.18. The molecule has 1 unspecified atom stereocenters. The molecule has 75 heavy (non-hydrogen) atoms. The number of carbonyl (C=O) groups is 3. The Morgan fingerprint density at radius 1 is 0.213 bits per heavy atom. The van der Waals surface area contributed by atoms with E-state index in [1.54, 1.807) is 0 Å². The lowest BCUT2D eigenvalue weighted by atomic mass is 10.0. The molecule has 0 aromatic rings. The molecule has 0 aromatic heterocycles. The number of rotatable bonds is 65. The van der Waals surface area contributed by atoms with Gasteiger partial charge >= 0.3 is 17.9 Å². The first-order chi connectivity index (χ1) is 37.0. The van der Waals surface area contributed by atoms with Crippen LogP contribution in [-0.2, 0) is 28.6 Å². The fourth-order valence-electron chi connectivity index (χ4n) is 10.9. The van der Waals surface area contributed by atoms with E-state index in [2.05, 4.69) is 20.8 Å². The molecule has 0 N–H and O–H groups in total. The van der Waals surface area contributed by atoms with Crippen molar-refractivity contribution in [2.45, 2.75) is 412 Å². The molecule has 0 amide bonds. The summed E-state index contributed by atoms with van der Waals surface area (Å²) in [6.45, 7) is 6.75. The summed E-state index contributed by atoms with van der Waals surface area (Å²) in [6.07, 6.45) is 75.5. The van der Waals surface area contributed by atoms with Crippen LogP contribution in [0.25, 0.3) is 0 Å². The van der Waals surface area contributed by atoms with Gasteiger partial charge in [-0.2, -0.15) is 0 Å². The number of ether oxygens (including phenoxy) is 3. The van der Waals surface area contributed by atoms with Crippen molar-refractivity contribution < 1.29 is 28.6 Å². The third-order valence-electron chi connectivity index (χ3n) is 16.1. The summed E-state index contributed by atoms with van der Waals surface area (Å²) in [5.74, 6) is -0.819. The second kappa shape index (κ2) is 64.9. The summed E-state index contributed by atoms with van der Waals surface area (Å²) in [7, 11) is 0. The van der Waals surface area contributed by atoms with Crippen molar-refractivity contribution in [3.05, 3.63) is 0 Å². The van der Waals surface area contributed by atoms with Crippen LogP contribution in [-0.4, -0.2) is 37.2 Å². The van der Waals surface area contributed by atoms with E-state index in [0.29, 0.717) is 19.3 Å². The lowest BCUT2D eigenvalue weighted by Crippen LogP contribution is -2.30. The topological polar surface area (TPSA) is 78.9 Å². The molecule has 0 saturated heterocycles. The SMILES string of the molecule is CCCCCCCCCCCCCCCCCCCCCCCC(=O)OCC(COC(=O)CCCCCCCCCCCCCCCCCC)OC(=O)CCCCCCCCCCCCCCCCCCCCCC. The Kier molecular flexibility index (Phi) is 63.6. The largest absolute Gasteiger partial charge is 0.462 e. The van der Waals surface area contributed by atoms with E-state index >= 15 is 0 Å². The molecule has 0 heterocycles. The van der Waals surface area contributed by atoms with Crippen LogP contribution in [0.5, 0.6) is 0 Å². The van der Waals surface area contributed by atoms with Crippen LogP contribution in [0.4, 0.5) is 0 Å². The fourth-order valence-corrected chi connectivity index (χ4v) is 10.9. The molecule has 1 atom stereocenters. The van der Waals surface area contributed by atoms with E-state index in [1.165, 1.54) is 308 Å². The maximum atomic E-state index is 12.9. The standard InChI is InChI=1S/C69H134O6/c1-4-7-10-13-16-19-22-25-28-31-33-35-37-38-41-44-47-50-53-56-59-62-68(71)74-65-66(64-73-67(70)61-58-55-52-49-46-43-40-30-27-24-21-18-15-12-9-6-3)75-69(72)63-60-57-54-51-48-45-42-39-36-34-32-29-26-23-20-17-14-11-8-5-2/h66H,4-65H2,1-3H3. The molecule has 0 bridgehead atoms. The summed E-state index contributed by atoms with van der Waals surface area (Å²) in [4.78, 5) is 38.4. The van der Waals surface area contributed by atoms with Gasteiger partial charge in [0, 0.05) is 19.3 Å². The summed E-state index contributed by atoms with van der Waals surface area (Å²) < 4.78 is 17.0. The van der Waals surface area contributed by atoms with E-state index in [-0.39, 0.29) is 31.1 Å². The molecular weight excluding hydrogens is 925 g/mol. The molecule has 0 spiro atoms. The highest BCUT2D eigenvalue weighted by Gasteiger charge is 2.19. The Hall–Kier alpha value is -1.59. The van der Waals surface area contributed by atoms with Gasteiger partial charge in [0.2, 0.25) is 0 Å². The molecule has 446 valence electrons. The van der Waals surface area contributed by atoms with Crippen LogP contribution < -0.4 is 0 Å². The van der Waals surface area contributed by atoms with Crippen molar-refractivity contribution in [1.29, 1.82) is 0 Å². The molecule has 0 aliphatic rings. The molecule has 0 aliphatic carbocycles. The zero-order valence-electron chi connectivity index (χ0n) is 51.4. The van der Waals surface area contributed by atoms with Crippen LogP contribution in [0.2, 0.25) is 0 Å². The van der Waals surface area contributed by atoms with Gasteiger partial charge < -0.3 is 14.2 Å². The van der Waals surface area contributed by atoms with Gasteiger partial charge in [0.05, 0.1) is 0 Å². The maximum absolute atomic E-state index is 12.9.